The van der Waals surface area contributed by atoms with Crippen LogP contribution in [0.1, 0.15) is 81.9 Å². The van der Waals surface area contributed by atoms with Crippen LogP contribution in [-0.2, 0) is 11.2 Å². The lowest BCUT2D eigenvalue weighted by Gasteiger charge is -2.40. The number of nitrogens with one attached hydrogen (secondary N) is 1. The average Bonchev–Trinajstić information content (AvgIpc) is 3.14. The second-order valence-corrected chi connectivity index (χ2v) is 10.8. The van der Waals surface area contributed by atoms with Crippen LogP contribution in [0.2, 0.25) is 0 Å². The second kappa shape index (κ2) is 9.86. The van der Waals surface area contributed by atoms with E-state index in [0.717, 1.165) is 50.4 Å². The van der Waals surface area contributed by atoms with Crippen molar-refractivity contribution >= 4 is 22.4 Å². The largest absolute Gasteiger partial charge is 0.393 e. The van der Waals surface area contributed by atoms with Gasteiger partial charge in [0.2, 0.25) is 5.91 Å². The normalized spacial score (nSPS) is 35.1. The molecule has 1 amide bonds. The Labute approximate surface area is 177 Å². The number of nitrogens with zero attached hydrogens (tertiary/aromatic N) is 1. The third-order valence-corrected chi connectivity index (χ3v) is 8.47. The molecule has 162 valence electrons. The summed E-state index contributed by atoms with van der Waals surface area (Å²) in [5.41, 5.74) is 0. The van der Waals surface area contributed by atoms with E-state index >= 15 is 0 Å². The minimum Gasteiger partial charge on any atom is -0.393 e. The Morgan fingerprint density at radius 2 is 1.79 bits per heavy atom. The number of thiazole rings is 1. The summed E-state index contributed by atoms with van der Waals surface area (Å²) in [4.78, 5) is 18.0. The summed E-state index contributed by atoms with van der Waals surface area (Å²) in [5.74, 6) is 2.76. The number of aliphatic hydroxyl groups is 1. The predicted molar refractivity (Wildman–Crippen MR) is 115 cm³/mol. The van der Waals surface area contributed by atoms with Gasteiger partial charge in [-0.3, -0.25) is 4.79 Å². The van der Waals surface area contributed by atoms with Crippen molar-refractivity contribution in [3.05, 3.63) is 11.1 Å². The molecule has 4 rings (SSSR count). The maximum Gasteiger partial charge on any atom is 0.226 e. The third-order valence-electron chi connectivity index (χ3n) is 7.54. The lowest BCUT2D eigenvalue weighted by molar-refractivity contribution is -0.116. The number of carbonyl (C=O) groups excluding carboxylic acids is 1. The highest BCUT2D eigenvalue weighted by Gasteiger charge is 2.35. The highest BCUT2D eigenvalue weighted by atomic mass is 32.1. The molecule has 0 bridgehead atoms. The first-order valence-corrected chi connectivity index (χ1v) is 12.4. The van der Waals surface area contributed by atoms with Crippen LogP contribution < -0.4 is 5.32 Å². The van der Waals surface area contributed by atoms with Gasteiger partial charge in [-0.1, -0.05) is 0 Å². The Hall–Kier alpha value is -1.01. The van der Waals surface area contributed by atoms with Crippen LogP contribution in [-0.4, -0.2) is 28.3 Å². The standard InChI is InChI=1S/C23H35FN2O2S/c24-19-7-2-15(3-8-19)4-10-22(28)26-23-25-14-21(29-23)12-16-1-5-18-13-20(27)9-6-17(18)11-16/h14-20,27H,1-13H2,(H,25,26,28). The van der Waals surface area contributed by atoms with Gasteiger partial charge in [0.15, 0.2) is 5.13 Å². The van der Waals surface area contributed by atoms with Gasteiger partial charge in [-0.25, -0.2) is 9.37 Å². The van der Waals surface area contributed by atoms with Crippen LogP contribution in [0.4, 0.5) is 9.52 Å². The Kier molecular flexibility index (Phi) is 7.22. The molecule has 3 aliphatic carbocycles. The van der Waals surface area contributed by atoms with E-state index in [-0.39, 0.29) is 12.0 Å². The second-order valence-electron chi connectivity index (χ2n) is 9.71. The molecule has 29 heavy (non-hydrogen) atoms. The summed E-state index contributed by atoms with van der Waals surface area (Å²) < 4.78 is 13.2. The Balaban J connectivity index is 1.19. The molecule has 4 atom stereocenters. The number of amides is 1. The van der Waals surface area contributed by atoms with E-state index in [0.29, 0.717) is 36.2 Å². The van der Waals surface area contributed by atoms with Gasteiger partial charge in [-0.15, -0.1) is 11.3 Å². The number of hydrogen-bond donors (Lipinski definition) is 2. The van der Waals surface area contributed by atoms with Crippen LogP contribution in [0.25, 0.3) is 0 Å². The molecule has 0 radical (unpaired) electrons. The smallest absolute Gasteiger partial charge is 0.226 e. The molecule has 4 unspecified atom stereocenters. The number of anilines is 1. The molecule has 4 nitrogen and oxygen atoms in total. The average molecular weight is 423 g/mol. The fourth-order valence-electron chi connectivity index (χ4n) is 5.82. The molecular formula is C23H35FN2O2S. The molecule has 0 saturated heterocycles. The van der Waals surface area contributed by atoms with Crippen LogP contribution >= 0.6 is 11.3 Å². The monoisotopic (exact) mass is 422 g/mol. The Morgan fingerprint density at radius 1 is 1.07 bits per heavy atom. The molecule has 3 aliphatic rings. The molecule has 2 N–H and O–H groups in total. The number of halogens is 1. The zero-order chi connectivity index (χ0) is 20.2. The van der Waals surface area contributed by atoms with Crippen molar-refractivity contribution in [2.75, 3.05) is 5.32 Å². The Morgan fingerprint density at radius 3 is 2.62 bits per heavy atom. The van der Waals surface area contributed by atoms with Gasteiger partial charge in [0.05, 0.1) is 6.10 Å². The number of hydrogen-bond acceptors (Lipinski definition) is 4. The number of fused-ring (bicyclic) bond motifs is 1. The minimum atomic E-state index is -0.631. The summed E-state index contributed by atoms with van der Waals surface area (Å²) in [6, 6.07) is 0. The van der Waals surface area contributed by atoms with Crippen LogP contribution in [0.5, 0.6) is 0 Å². The third kappa shape index (κ3) is 6.00. The molecular weight excluding hydrogens is 387 g/mol. The summed E-state index contributed by atoms with van der Waals surface area (Å²) >= 11 is 1.61. The number of alkyl halides is 1. The van der Waals surface area contributed by atoms with Crippen molar-refractivity contribution in [3.63, 3.8) is 0 Å². The van der Waals surface area contributed by atoms with Crippen LogP contribution in [0, 0.1) is 23.7 Å². The van der Waals surface area contributed by atoms with Crippen LogP contribution in [0.3, 0.4) is 0 Å². The predicted octanol–water partition coefficient (Wildman–Crippen LogP) is 5.51. The fourth-order valence-corrected chi connectivity index (χ4v) is 6.76. The molecule has 3 fully saturated rings. The zero-order valence-electron chi connectivity index (χ0n) is 17.3. The number of aliphatic hydroxyl groups excluding tert-OH is 1. The number of aromatic nitrogens is 1. The maximum atomic E-state index is 13.2. The zero-order valence-corrected chi connectivity index (χ0v) is 18.1. The van der Waals surface area contributed by atoms with E-state index in [4.69, 9.17) is 0 Å². The van der Waals surface area contributed by atoms with Crippen molar-refractivity contribution in [2.24, 2.45) is 23.7 Å². The quantitative estimate of drug-likeness (QED) is 0.635. The first kappa shape index (κ1) is 21.2. The van der Waals surface area contributed by atoms with Gasteiger partial charge in [-0.2, -0.15) is 0 Å². The highest BCUT2D eigenvalue weighted by Crippen LogP contribution is 2.44. The lowest BCUT2D eigenvalue weighted by Crippen LogP contribution is -2.33. The van der Waals surface area contributed by atoms with Gasteiger partial charge < -0.3 is 10.4 Å². The van der Waals surface area contributed by atoms with E-state index in [2.05, 4.69) is 10.3 Å². The molecule has 0 spiro atoms. The first-order valence-electron chi connectivity index (χ1n) is 11.6. The minimum absolute atomic E-state index is 0.0366. The molecule has 6 heteroatoms. The van der Waals surface area contributed by atoms with Crippen molar-refractivity contribution in [2.45, 2.75) is 95.7 Å². The van der Waals surface area contributed by atoms with Gasteiger partial charge in [0, 0.05) is 17.5 Å². The van der Waals surface area contributed by atoms with E-state index in [1.807, 2.05) is 6.20 Å². The molecule has 3 saturated carbocycles. The first-order chi connectivity index (χ1) is 14.0. The fraction of sp³-hybridized carbons (Fsp3) is 0.826. The number of rotatable bonds is 6. The van der Waals surface area contributed by atoms with Crippen molar-refractivity contribution in [1.82, 2.24) is 4.98 Å². The molecule has 1 heterocycles. The highest BCUT2D eigenvalue weighted by molar-refractivity contribution is 7.15. The molecule has 0 aliphatic heterocycles. The van der Waals surface area contributed by atoms with Crippen molar-refractivity contribution in [1.29, 1.82) is 0 Å². The SMILES string of the molecule is O=C(CCC1CCC(F)CC1)Nc1ncc(CC2CCC3CC(O)CCC3C2)s1. The van der Waals surface area contributed by atoms with E-state index < -0.39 is 6.17 Å². The summed E-state index contributed by atoms with van der Waals surface area (Å²) in [5, 5.41) is 13.6. The summed E-state index contributed by atoms with van der Waals surface area (Å²) in [6.07, 6.45) is 13.7. The van der Waals surface area contributed by atoms with Gasteiger partial charge in [0.1, 0.15) is 6.17 Å². The van der Waals surface area contributed by atoms with E-state index in [1.54, 1.807) is 11.3 Å². The summed E-state index contributed by atoms with van der Waals surface area (Å²) in [7, 11) is 0. The van der Waals surface area contributed by atoms with Gasteiger partial charge >= 0.3 is 0 Å². The van der Waals surface area contributed by atoms with Crippen molar-refractivity contribution in [3.8, 4) is 0 Å². The molecule has 0 aromatic carbocycles. The van der Waals surface area contributed by atoms with Crippen molar-refractivity contribution < 1.29 is 14.3 Å². The van der Waals surface area contributed by atoms with Gasteiger partial charge in [-0.05, 0) is 101 Å². The van der Waals surface area contributed by atoms with E-state index in [9.17, 15) is 14.3 Å². The molecule has 1 aromatic heterocycles. The Bertz CT molecular complexity index is 674. The lowest BCUT2D eigenvalue weighted by atomic mass is 9.66. The van der Waals surface area contributed by atoms with Gasteiger partial charge in [0.25, 0.3) is 0 Å². The maximum absolute atomic E-state index is 13.2. The summed E-state index contributed by atoms with van der Waals surface area (Å²) in [6.45, 7) is 0. The topological polar surface area (TPSA) is 62.2 Å². The molecule has 1 aromatic rings. The van der Waals surface area contributed by atoms with Crippen LogP contribution in [0.15, 0.2) is 6.20 Å². The van der Waals surface area contributed by atoms with E-state index in [1.165, 1.54) is 30.6 Å². The number of carbonyl (C=O) groups is 1.